The van der Waals surface area contributed by atoms with Gasteiger partial charge in [-0.1, -0.05) is 48.3 Å². The number of hydrogen-bond acceptors (Lipinski definition) is 5. The van der Waals surface area contributed by atoms with Crippen molar-refractivity contribution in [3.05, 3.63) is 47.6 Å². The van der Waals surface area contributed by atoms with Crippen LogP contribution < -0.4 is 5.73 Å². The monoisotopic (exact) mass is 362 g/mol. The second kappa shape index (κ2) is 7.14. The lowest BCUT2D eigenvalue weighted by Gasteiger charge is -2.18. The van der Waals surface area contributed by atoms with Crippen LogP contribution in [0.3, 0.4) is 0 Å². The average molecular weight is 363 g/mol. The Bertz CT molecular complexity index is 728. The summed E-state index contributed by atoms with van der Waals surface area (Å²) in [4.78, 5) is 18.7. The number of rotatable bonds is 4. The molecule has 1 aliphatic heterocycles. The SMILES string of the molecule is Cl.NC1(c2noc(C3CC(=O)N(Cc4ccccc4)C3)n2)CCCC1. The van der Waals surface area contributed by atoms with Crippen LogP contribution >= 0.6 is 12.4 Å². The molecule has 2 fully saturated rings. The molecule has 1 amide bonds. The molecule has 1 atom stereocenters. The lowest BCUT2D eigenvalue weighted by atomic mass is 9.98. The number of amides is 1. The van der Waals surface area contributed by atoms with Crippen molar-refractivity contribution in [2.75, 3.05) is 6.54 Å². The summed E-state index contributed by atoms with van der Waals surface area (Å²) in [5.41, 5.74) is 7.07. The summed E-state index contributed by atoms with van der Waals surface area (Å²) in [7, 11) is 0. The van der Waals surface area contributed by atoms with E-state index in [1.165, 1.54) is 0 Å². The molecular weight excluding hydrogens is 340 g/mol. The minimum absolute atomic E-state index is 0. The highest BCUT2D eigenvalue weighted by Crippen LogP contribution is 2.36. The van der Waals surface area contributed by atoms with E-state index in [2.05, 4.69) is 10.1 Å². The molecular formula is C18H23ClN4O2. The summed E-state index contributed by atoms with van der Waals surface area (Å²) < 4.78 is 5.45. The van der Waals surface area contributed by atoms with Gasteiger partial charge < -0.3 is 15.2 Å². The maximum absolute atomic E-state index is 12.3. The Morgan fingerprint density at radius 2 is 1.96 bits per heavy atom. The van der Waals surface area contributed by atoms with Crippen LogP contribution in [0.2, 0.25) is 0 Å². The van der Waals surface area contributed by atoms with E-state index >= 15 is 0 Å². The van der Waals surface area contributed by atoms with Gasteiger partial charge in [-0.15, -0.1) is 12.4 Å². The Kier molecular flexibility index (Phi) is 5.11. The molecule has 2 aliphatic rings. The quantitative estimate of drug-likeness (QED) is 0.903. The number of halogens is 1. The first-order chi connectivity index (χ1) is 11.6. The fourth-order valence-electron chi connectivity index (χ4n) is 3.73. The molecule has 2 heterocycles. The lowest BCUT2D eigenvalue weighted by Crippen LogP contribution is -2.34. The van der Waals surface area contributed by atoms with Crippen LogP contribution in [0.1, 0.15) is 55.3 Å². The van der Waals surface area contributed by atoms with Crippen molar-refractivity contribution in [3.8, 4) is 0 Å². The van der Waals surface area contributed by atoms with Gasteiger partial charge in [0.1, 0.15) is 0 Å². The van der Waals surface area contributed by atoms with Gasteiger partial charge in [0.25, 0.3) is 0 Å². The highest BCUT2D eigenvalue weighted by atomic mass is 35.5. The topological polar surface area (TPSA) is 85.2 Å². The van der Waals surface area contributed by atoms with Gasteiger partial charge in [-0.3, -0.25) is 4.79 Å². The van der Waals surface area contributed by atoms with E-state index in [1.54, 1.807) is 0 Å². The third-order valence-electron chi connectivity index (χ3n) is 5.16. The first-order valence-electron chi connectivity index (χ1n) is 8.59. The molecule has 0 radical (unpaired) electrons. The van der Waals surface area contributed by atoms with E-state index in [1.807, 2.05) is 35.2 Å². The third kappa shape index (κ3) is 3.55. The Labute approximate surface area is 153 Å². The molecule has 1 aromatic heterocycles. The fourth-order valence-corrected chi connectivity index (χ4v) is 3.73. The zero-order valence-electron chi connectivity index (χ0n) is 14.1. The molecule has 4 rings (SSSR count). The van der Waals surface area contributed by atoms with Crippen molar-refractivity contribution in [2.45, 2.75) is 50.1 Å². The molecule has 1 saturated carbocycles. The summed E-state index contributed by atoms with van der Waals surface area (Å²) >= 11 is 0. The Hall–Kier alpha value is -1.92. The second-order valence-electron chi connectivity index (χ2n) is 6.98. The van der Waals surface area contributed by atoms with Crippen LogP contribution in [0.4, 0.5) is 0 Å². The zero-order chi connectivity index (χ0) is 16.6. The van der Waals surface area contributed by atoms with Gasteiger partial charge in [0.05, 0.1) is 11.5 Å². The van der Waals surface area contributed by atoms with Crippen LogP contribution in [0, 0.1) is 0 Å². The fraction of sp³-hybridized carbons (Fsp3) is 0.500. The predicted octanol–water partition coefficient (Wildman–Crippen LogP) is 2.74. The minimum atomic E-state index is -0.450. The first-order valence-corrected chi connectivity index (χ1v) is 8.59. The minimum Gasteiger partial charge on any atom is -0.339 e. The summed E-state index contributed by atoms with van der Waals surface area (Å²) in [5, 5.41) is 4.11. The molecule has 6 nitrogen and oxygen atoms in total. The molecule has 1 aliphatic carbocycles. The van der Waals surface area contributed by atoms with Gasteiger partial charge in [-0.25, -0.2) is 0 Å². The molecule has 7 heteroatoms. The standard InChI is InChI=1S/C18H22N4O2.ClH/c19-18(8-4-5-9-18)17-20-16(24-21-17)14-10-15(23)22(12-14)11-13-6-2-1-3-7-13;/h1-3,6-7,14H,4-5,8-12,19H2;1H. The van der Waals surface area contributed by atoms with Crippen LogP contribution in [-0.2, 0) is 16.9 Å². The number of carbonyl (C=O) groups excluding carboxylic acids is 1. The molecule has 1 aromatic carbocycles. The summed E-state index contributed by atoms with van der Waals surface area (Å²) in [6.07, 6.45) is 4.43. The van der Waals surface area contributed by atoms with E-state index in [0.717, 1.165) is 31.2 Å². The van der Waals surface area contributed by atoms with Crippen LogP contribution in [-0.4, -0.2) is 27.5 Å². The van der Waals surface area contributed by atoms with E-state index in [-0.39, 0.29) is 24.2 Å². The zero-order valence-corrected chi connectivity index (χ0v) is 14.9. The van der Waals surface area contributed by atoms with Crippen LogP contribution in [0.5, 0.6) is 0 Å². The highest BCUT2D eigenvalue weighted by molar-refractivity contribution is 5.85. The third-order valence-corrected chi connectivity index (χ3v) is 5.16. The molecule has 0 spiro atoms. The molecule has 134 valence electrons. The predicted molar refractivity (Wildman–Crippen MR) is 95.1 cm³/mol. The molecule has 1 unspecified atom stereocenters. The normalized spacial score (nSPS) is 22.2. The van der Waals surface area contributed by atoms with Gasteiger partial charge in [0, 0.05) is 19.5 Å². The van der Waals surface area contributed by atoms with Crippen molar-refractivity contribution in [2.24, 2.45) is 5.73 Å². The van der Waals surface area contributed by atoms with Crippen molar-refractivity contribution in [1.82, 2.24) is 15.0 Å². The Morgan fingerprint density at radius 3 is 2.68 bits per heavy atom. The second-order valence-corrected chi connectivity index (χ2v) is 6.98. The number of hydrogen-bond donors (Lipinski definition) is 1. The van der Waals surface area contributed by atoms with Crippen LogP contribution in [0.25, 0.3) is 0 Å². The number of benzene rings is 1. The molecule has 25 heavy (non-hydrogen) atoms. The maximum atomic E-state index is 12.3. The maximum Gasteiger partial charge on any atom is 0.232 e. The Balaban J connectivity index is 0.00000182. The van der Waals surface area contributed by atoms with E-state index < -0.39 is 5.54 Å². The van der Waals surface area contributed by atoms with Crippen molar-refractivity contribution in [3.63, 3.8) is 0 Å². The largest absolute Gasteiger partial charge is 0.339 e. The van der Waals surface area contributed by atoms with Crippen LogP contribution in [0.15, 0.2) is 34.9 Å². The molecule has 1 saturated heterocycles. The van der Waals surface area contributed by atoms with Gasteiger partial charge >= 0.3 is 0 Å². The molecule has 0 bridgehead atoms. The van der Waals surface area contributed by atoms with E-state index in [4.69, 9.17) is 10.3 Å². The average Bonchev–Trinajstić information content (AvgIpc) is 3.30. The summed E-state index contributed by atoms with van der Waals surface area (Å²) in [5.74, 6) is 1.24. The van der Waals surface area contributed by atoms with Gasteiger partial charge in [-0.2, -0.15) is 4.98 Å². The van der Waals surface area contributed by atoms with E-state index in [0.29, 0.717) is 31.2 Å². The Morgan fingerprint density at radius 1 is 1.24 bits per heavy atom. The van der Waals surface area contributed by atoms with E-state index in [9.17, 15) is 4.79 Å². The molecule has 2 N–H and O–H groups in total. The van der Waals surface area contributed by atoms with Crippen molar-refractivity contribution >= 4 is 18.3 Å². The number of nitrogens with zero attached hydrogens (tertiary/aromatic N) is 3. The summed E-state index contributed by atoms with van der Waals surface area (Å²) in [6, 6.07) is 10.0. The number of carbonyl (C=O) groups is 1. The first kappa shape index (κ1) is 17.9. The highest BCUT2D eigenvalue weighted by Gasteiger charge is 2.39. The number of nitrogens with two attached hydrogens (primary N) is 1. The van der Waals surface area contributed by atoms with Gasteiger partial charge in [0.2, 0.25) is 11.8 Å². The molecule has 2 aromatic rings. The number of likely N-dealkylation sites (tertiary alicyclic amines) is 1. The number of aromatic nitrogens is 2. The van der Waals surface area contributed by atoms with Crippen molar-refractivity contribution in [1.29, 1.82) is 0 Å². The summed E-state index contributed by atoms with van der Waals surface area (Å²) in [6.45, 7) is 1.24. The van der Waals surface area contributed by atoms with Gasteiger partial charge in [-0.05, 0) is 18.4 Å². The lowest BCUT2D eigenvalue weighted by molar-refractivity contribution is -0.128. The van der Waals surface area contributed by atoms with Crippen molar-refractivity contribution < 1.29 is 9.32 Å². The van der Waals surface area contributed by atoms with Gasteiger partial charge in [0.15, 0.2) is 5.82 Å². The smallest absolute Gasteiger partial charge is 0.232 e.